The van der Waals surface area contributed by atoms with Crippen molar-refractivity contribution in [2.45, 2.75) is 89.6 Å². The monoisotopic (exact) mass is 454 g/mol. The van der Waals surface area contributed by atoms with E-state index in [1.165, 1.54) is 37.8 Å². The molecule has 1 saturated carbocycles. The summed E-state index contributed by atoms with van der Waals surface area (Å²) in [6.45, 7) is 9.24. The van der Waals surface area contributed by atoms with Gasteiger partial charge in [-0.3, -0.25) is 4.79 Å². The van der Waals surface area contributed by atoms with E-state index < -0.39 is 0 Å². The molecule has 2 saturated heterocycles. The normalized spacial score (nSPS) is 26.0. The zero-order chi connectivity index (χ0) is 23.3. The van der Waals surface area contributed by atoms with E-state index in [2.05, 4.69) is 58.9 Å². The summed E-state index contributed by atoms with van der Waals surface area (Å²) in [6, 6.07) is 11.4. The Balaban J connectivity index is 1.41. The lowest BCUT2D eigenvalue weighted by molar-refractivity contribution is -0.134. The number of carbonyl (C=O) groups excluding carboxylic acids is 1. The van der Waals surface area contributed by atoms with Crippen LogP contribution in [0.5, 0.6) is 0 Å². The Morgan fingerprint density at radius 2 is 1.64 bits per heavy atom. The standard InChI is InChI=1S/C28H46N4O/c1-23(2)24-12-14-25(15-13-24)30-20-16-28(17-21-30)27(33)31(19-9-4-3-8-18-29)22-32(28)26-10-6-5-7-11-26/h5-7,10-11,23-25H,3-4,8-9,12-22,29H2,1-2H3. The van der Waals surface area contributed by atoms with Crippen LogP contribution >= 0.6 is 0 Å². The summed E-state index contributed by atoms with van der Waals surface area (Å²) >= 11 is 0. The van der Waals surface area contributed by atoms with E-state index in [0.29, 0.717) is 5.91 Å². The van der Waals surface area contributed by atoms with Crippen molar-refractivity contribution >= 4 is 11.6 Å². The summed E-state index contributed by atoms with van der Waals surface area (Å²) in [5, 5.41) is 0. The Morgan fingerprint density at radius 3 is 2.27 bits per heavy atom. The lowest BCUT2D eigenvalue weighted by Gasteiger charge is -2.47. The van der Waals surface area contributed by atoms with E-state index in [1.807, 2.05) is 0 Å². The Labute approximate surface area is 201 Å². The van der Waals surface area contributed by atoms with Gasteiger partial charge in [0.15, 0.2) is 0 Å². The average Bonchev–Trinajstić information content (AvgIpc) is 3.11. The van der Waals surface area contributed by atoms with Crippen LogP contribution in [0.25, 0.3) is 0 Å². The van der Waals surface area contributed by atoms with Crippen LogP contribution < -0.4 is 10.6 Å². The van der Waals surface area contributed by atoms with Gasteiger partial charge in [0, 0.05) is 31.4 Å². The van der Waals surface area contributed by atoms with E-state index in [9.17, 15) is 4.79 Å². The SMILES string of the molecule is CC(C)C1CCC(N2CCC3(CC2)C(=O)N(CCCCCCN)CN3c2ccccc2)CC1. The fraction of sp³-hybridized carbons (Fsp3) is 0.750. The summed E-state index contributed by atoms with van der Waals surface area (Å²) in [4.78, 5) is 21.1. The highest BCUT2D eigenvalue weighted by molar-refractivity contribution is 5.93. The number of likely N-dealkylation sites (tertiary alicyclic amines) is 1. The van der Waals surface area contributed by atoms with Gasteiger partial charge in [-0.05, 0) is 81.9 Å². The maximum absolute atomic E-state index is 13.8. The highest BCUT2D eigenvalue weighted by Gasteiger charge is 2.53. The van der Waals surface area contributed by atoms with Crippen molar-refractivity contribution in [3.63, 3.8) is 0 Å². The molecule has 184 valence electrons. The van der Waals surface area contributed by atoms with Crippen LogP contribution in [0, 0.1) is 11.8 Å². The van der Waals surface area contributed by atoms with E-state index in [-0.39, 0.29) is 5.54 Å². The number of para-hydroxylation sites is 1. The summed E-state index contributed by atoms with van der Waals surface area (Å²) in [7, 11) is 0. The first-order chi connectivity index (χ1) is 16.0. The van der Waals surface area contributed by atoms with Crippen LogP contribution in [0.15, 0.2) is 30.3 Å². The molecular formula is C28H46N4O. The van der Waals surface area contributed by atoms with Crippen molar-refractivity contribution in [2.75, 3.05) is 37.7 Å². The van der Waals surface area contributed by atoms with E-state index in [0.717, 1.165) is 82.8 Å². The van der Waals surface area contributed by atoms with Crippen molar-refractivity contribution < 1.29 is 4.79 Å². The fourth-order valence-electron chi connectivity index (χ4n) is 6.57. The van der Waals surface area contributed by atoms with Crippen molar-refractivity contribution in [1.29, 1.82) is 0 Å². The van der Waals surface area contributed by atoms with Crippen LogP contribution in [0.3, 0.4) is 0 Å². The average molecular weight is 455 g/mol. The molecule has 3 aliphatic rings. The molecule has 0 radical (unpaired) electrons. The number of anilines is 1. The Morgan fingerprint density at radius 1 is 0.970 bits per heavy atom. The van der Waals surface area contributed by atoms with Crippen molar-refractivity contribution in [3.05, 3.63) is 30.3 Å². The molecule has 2 aliphatic heterocycles. The van der Waals surface area contributed by atoms with Crippen molar-refractivity contribution in [3.8, 4) is 0 Å². The Bertz CT molecular complexity index is 736. The van der Waals surface area contributed by atoms with Gasteiger partial charge in [0.05, 0.1) is 6.67 Å². The molecule has 2 N–H and O–H groups in total. The molecule has 5 heteroatoms. The van der Waals surface area contributed by atoms with Gasteiger partial charge in [-0.2, -0.15) is 0 Å². The molecule has 0 unspecified atom stereocenters. The van der Waals surface area contributed by atoms with Gasteiger partial charge in [-0.15, -0.1) is 0 Å². The minimum absolute atomic E-state index is 0.357. The fourth-order valence-corrected chi connectivity index (χ4v) is 6.57. The second-order valence-corrected chi connectivity index (χ2v) is 11.1. The number of rotatable bonds is 9. The number of hydrogen-bond donors (Lipinski definition) is 1. The van der Waals surface area contributed by atoms with Crippen LogP contribution in [0.2, 0.25) is 0 Å². The molecule has 1 aromatic carbocycles. The van der Waals surface area contributed by atoms with Crippen molar-refractivity contribution in [1.82, 2.24) is 9.80 Å². The topological polar surface area (TPSA) is 52.8 Å². The molecule has 1 spiro atoms. The molecular weight excluding hydrogens is 408 g/mol. The van der Waals surface area contributed by atoms with Gasteiger partial charge >= 0.3 is 0 Å². The van der Waals surface area contributed by atoms with Gasteiger partial charge in [-0.25, -0.2) is 0 Å². The highest BCUT2D eigenvalue weighted by Crippen LogP contribution is 2.41. The molecule has 2 heterocycles. The quantitative estimate of drug-likeness (QED) is 0.541. The number of benzene rings is 1. The number of unbranched alkanes of at least 4 members (excludes halogenated alkanes) is 3. The van der Waals surface area contributed by atoms with Gasteiger partial charge in [0.1, 0.15) is 5.54 Å². The summed E-state index contributed by atoms with van der Waals surface area (Å²) in [6.07, 6.45) is 11.8. The highest BCUT2D eigenvalue weighted by atomic mass is 16.2. The maximum Gasteiger partial charge on any atom is 0.250 e. The molecule has 1 amide bonds. The third-order valence-corrected chi connectivity index (χ3v) is 8.79. The number of piperidine rings is 1. The van der Waals surface area contributed by atoms with Crippen molar-refractivity contribution in [2.24, 2.45) is 17.6 Å². The minimum atomic E-state index is -0.357. The predicted molar refractivity (Wildman–Crippen MR) is 137 cm³/mol. The number of nitrogens with two attached hydrogens (primary N) is 1. The second-order valence-electron chi connectivity index (χ2n) is 11.1. The first-order valence-corrected chi connectivity index (χ1v) is 13.6. The molecule has 0 aromatic heterocycles. The zero-order valence-electron chi connectivity index (χ0n) is 21.1. The smallest absolute Gasteiger partial charge is 0.250 e. The Kier molecular flexibility index (Phi) is 8.34. The van der Waals surface area contributed by atoms with Crippen LogP contribution in [-0.4, -0.2) is 60.1 Å². The summed E-state index contributed by atoms with van der Waals surface area (Å²) < 4.78 is 0. The first-order valence-electron chi connectivity index (χ1n) is 13.6. The third kappa shape index (κ3) is 5.40. The van der Waals surface area contributed by atoms with E-state index >= 15 is 0 Å². The van der Waals surface area contributed by atoms with Crippen LogP contribution in [0.4, 0.5) is 5.69 Å². The summed E-state index contributed by atoms with van der Waals surface area (Å²) in [5.74, 6) is 2.08. The molecule has 5 nitrogen and oxygen atoms in total. The maximum atomic E-state index is 13.8. The largest absolute Gasteiger partial charge is 0.339 e. The van der Waals surface area contributed by atoms with E-state index in [1.54, 1.807) is 0 Å². The van der Waals surface area contributed by atoms with Gasteiger partial charge < -0.3 is 20.4 Å². The third-order valence-electron chi connectivity index (χ3n) is 8.79. The molecule has 4 rings (SSSR count). The second kappa shape index (κ2) is 11.2. The minimum Gasteiger partial charge on any atom is -0.339 e. The van der Waals surface area contributed by atoms with Gasteiger partial charge in [0.2, 0.25) is 5.91 Å². The lowest BCUT2D eigenvalue weighted by atomic mass is 9.78. The number of hydrogen-bond acceptors (Lipinski definition) is 4. The Hall–Kier alpha value is -1.59. The lowest BCUT2D eigenvalue weighted by Crippen LogP contribution is -2.58. The molecule has 33 heavy (non-hydrogen) atoms. The molecule has 1 aromatic rings. The zero-order valence-corrected chi connectivity index (χ0v) is 21.1. The van der Waals surface area contributed by atoms with E-state index in [4.69, 9.17) is 5.73 Å². The van der Waals surface area contributed by atoms with Gasteiger partial charge in [-0.1, -0.05) is 44.9 Å². The number of carbonyl (C=O) groups is 1. The van der Waals surface area contributed by atoms with Gasteiger partial charge in [0.25, 0.3) is 0 Å². The molecule has 1 aliphatic carbocycles. The molecule has 0 atom stereocenters. The number of amides is 1. The number of nitrogens with zero attached hydrogens (tertiary/aromatic N) is 3. The molecule has 0 bridgehead atoms. The summed E-state index contributed by atoms with van der Waals surface area (Å²) in [5.41, 5.74) is 6.48. The first kappa shape index (κ1) is 24.5. The van der Waals surface area contributed by atoms with Crippen LogP contribution in [-0.2, 0) is 4.79 Å². The van der Waals surface area contributed by atoms with Crippen LogP contribution in [0.1, 0.15) is 78.1 Å². The predicted octanol–water partition coefficient (Wildman–Crippen LogP) is 4.86. The molecule has 3 fully saturated rings.